The van der Waals surface area contributed by atoms with Crippen molar-refractivity contribution in [2.45, 2.75) is 12.8 Å². The lowest BCUT2D eigenvalue weighted by Crippen LogP contribution is -2.34. The number of thiocarbonyl (C=S) groups is 1. The highest BCUT2D eigenvalue weighted by Gasteiger charge is 2.24. The van der Waals surface area contributed by atoms with Gasteiger partial charge in [-0.05, 0) is 49.3 Å². The minimum Gasteiger partial charge on any atom is -0.507 e. The molecule has 0 saturated carbocycles. The number of aromatic carboxylic acids is 1. The van der Waals surface area contributed by atoms with E-state index in [0.717, 1.165) is 32.0 Å². The van der Waals surface area contributed by atoms with E-state index in [4.69, 9.17) is 17.3 Å². The van der Waals surface area contributed by atoms with Gasteiger partial charge < -0.3 is 20.4 Å². The number of carboxylic acids is 1. The van der Waals surface area contributed by atoms with Crippen LogP contribution in [0.4, 0.5) is 17.1 Å². The summed E-state index contributed by atoms with van der Waals surface area (Å²) in [6.45, 7) is 1.46. The normalized spacial score (nSPS) is 13.0. The summed E-state index contributed by atoms with van der Waals surface area (Å²) in [6, 6.07) is 7.96. The van der Waals surface area contributed by atoms with Gasteiger partial charge in [-0.2, -0.15) is 0 Å². The molecule has 1 fully saturated rings. The third-order valence-corrected chi connectivity index (χ3v) is 4.80. The lowest BCUT2D eigenvalue weighted by molar-refractivity contribution is -0.384. The molecule has 0 radical (unpaired) electrons. The number of nitrogens with one attached hydrogen (secondary N) is 2. The molecule has 2 aromatic carbocycles. The predicted octanol–water partition coefficient (Wildman–Crippen LogP) is 2.73. The number of anilines is 2. The van der Waals surface area contributed by atoms with Crippen LogP contribution >= 0.6 is 12.2 Å². The van der Waals surface area contributed by atoms with Crippen molar-refractivity contribution in [3.8, 4) is 5.75 Å². The largest absolute Gasteiger partial charge is 0.507 e. The van der Waals surface area contributed by atoms with E-state index in [2.05, 4.69) is 10.6 Å². The minimum absolute atomic E-state index is 0.0675. The van der Waals surface area contributed by atoms with Crippen molar-refractivity contribution >= 4 is 46.3 Å². The van der Waals surface area contributed by atoms with Crippen LogP contribution in [0.3, 0.4) is 0 Å². The first-order valence-corrected chi connectivity index (χ1v) is 9.39. The van der Waals surface area contributed by atoms with Gasteiger partial charge in [0.2, 0.25) is 0 Å². The number of nitro benzene ring substituents is 1. The van der Waals surface area contributed by atoms with Crippen LogP contribution in [0.1, 0.15) is 33.6 Å². The Morgan fingerprint density at radius 3 is 2.43 bits per heavy atom. The van der Waals surface area contributed by atoms with Crippen LogP contribution in [0.5, 0.6) is 5.75 Å². The van der Waals surface area contributed by atoms with Crippen LogP contribution < -0.4 is 15.5 Å². The second-order valence-electron chi connectivity index (χ2n) is 6.60. The second kappa shape index (κ2) is 8.74. The number of carbonyl (C=O) groups is 2. The number of hydrogen-bond acceptors (Lipinski definition) is 7. The molecule has 1 aliphatic heterocycles. The molecule has 1 saturated heterocycles. The maximum absolute atomic E-state index is 12.5. The van der Waals surface area contributed by atoms with Gasteiger partial charge in [0.25, 0.3) is 11.6 Å². The smallest absolute Gasteiger partial charge is 0.339 e. The summed E-state index contributed by atoms with van der Waals surface area (Å²) in [7, 11) is 0. The number of nitro groups is 1. The maximum atomic E-state index is 12.5. The Morgan fingerprint density at radius 2 is 1.83 bits per heavy atom. The Balaban J connectivity index is 1.71. The van der Waals surface area contributed by atoms with Crippen molar-refractivity contribution in [2.75, 3.05) is 23.3 Å². The molecule has 1 amide bonds. The number of hydrogen-bond donors (Lipinski definition) is 4. The number of carbonyl (C=O) groups excluding carboxylic acids is 1. The Kier molecular flexibility index (Phi) is 6.11. The Morgan fingerprint density at radius 1 is 1.13 bits per heavy atom. The molecule has 0 bridgehead atoms. The van der Waals surface area contributed by atoms with Gasteiger partial charge in [0, 0.05) is 36.5 Å². The highest BCUT2D eigenvalue weighted by Crippen LogP contribution is 2.31. The fourth-order valence-electron chi connectivity index (χ4n) is 3.16. The molecule has 2 aromatic rings. The molecule has 0 atom stereocenters. The third kappa shape index (κ3) is 4.63. The van der Waals surface area contributed by atoms with Crippen LogP contribution in [-0.2, 0) is 0 Å². The Labute approximate surface area is 176 Å². The van der Waals surface area contributed by atoms with Gasteiger partial charge in [-0.1, -0.05) is 0 Å². The van der Waals surface area contributed by atoms with Crippen molar-refractivity contribution in [1.29, 1.82) is 0 Å². The van der Waals surface area contributed by atoms with E-state index < -0.39 is 22.5 Å². The maximum Gasteiger partial charge on any atom is 0.339 e. The SMILES string of the molecule is O=C(NC(=S)Nc1ccc(C(=O)O)c(O)c1)c1ccc(N2CCCC2)c([N+](=O)[O-])c1. The molecule has 1 aliphatic rings. The number of carboxylic acid groups (broad SMARTS) is 1. The molecule has 156 valence electrons. The molecule has 0 spiro atoms. The topological polar surface area (TPSA) is 145 Å². The summed E-state index contributed by atoms with van der Waals surface area (Å²) >= 11 is 5.05. The van der Waals surface area contributed by atoms with Gasteiger partial charge in [0.15, 0.2) is 5.11 Å². The molecule has 11 heteroatoms. The van der Waals surface area contributed by atoms with Crippen LogP contribution in [0.15, 0.2) is 36.4 Å². The highest BCUT2D eigenvalue weighted by atomic mass is 32.1. The molecule has 0 aliphatic carbocycles. The second-order valence-corrected chi connectivity index (χ2v) is 7.01. The zero-order valence-electron chi connectivity index (χ0n) is 15.6. The molecule has 3 rings (SSSR count). The standard InChI is InChI=1S/C19H18N4O6S/c24-16-10-12(4-5-13(16)18(26)27)20-19(30)21-17(25)11-3-6-14(15(9-11)23(28)29)22-7-1-2-8-22/h3-6,9-10,24H,1-2,7-8H2,(H,26,27)(H2,20,21,25,30). The van der Waals surface area contributed by atoms with Gasteiger partial charge in [0.05, 0.1) is 4.92 Å². The summed E-state index contributed by atoms with van der Waals surface area (Å²) in [5, 5.41) is 35.0. The first-order chi connectivity index (χ1) is 14.3. The van der Waals surface area contributed by atoms with Gasteiger partial charge in [0.1, 0.15) is 17.0 Å². The van der Waals surface area contributed by atoms with E-state index in [1.165, 1.54) is 24.3 Å². The third-order valence-electron chi connectivity index (χ3n) is 4.59. The zero-order valence-corrected chi connectivity index (χ0v) is 16.4. The van der Waals surface area contributed by atoms with E-state index in [9.17, 15) is 24.8 Å². The van der Waals surface area contributed by atoms with Gasteiger partial charge >= 0.3 is 5.97 Å². The number of aromatic hydroxyl groups is 1. The lowest BCUT2D eigenvalue weighted by Gasteiger charge is -2.18. The number of phenols is 1. The highest BCUT2D eigenvalue weighted by molar-refractivity contribution is 7.80. The zero-order chi connectivity index (χ0) is 21.8. The van der Waals surface area contributed by atoms with E-state index in [-0.39, 0.29) is 27.6 Å². The first kappa shape index (κ1) is 21.0. The molecule has 4 N–H and O–H groups in total. The summed E-state index contributed by atoms with van der Waals surface area (Å²) in [5.74, 6) is -2.39. The predicted molar refractivity (Wildman–Crippen MR) is 113 cm³/mol. The van der Waals surface area contributed by atoms with Crippen molar-refractivity contribution in [2.24, 2.45) is 0 Å². The molecule has 1 heterocycles. The van der Waals surface area contributed by atoms with E-state index in [0.29, 0.717) is 5.69 Å². The van der Waals surface area contributed by atoms with Crippen LogP contribution in [0.25, 0.3) is 0 Å². The first-order valence-electron chi connectivity index (χ1n) is 8.98. The molecular weight excluding hydrogens is 412 g/mol. The lowest BCUT2D eigenvalue weighted by atomic mass is 10.1. The van der Waals surface area contributed by atoms with Gasteiger partial charge in [-0.3, -0.25) is 20.2 Å². The average molecular weight is 430 g/mol. The van der Waals surface area contributed by atoms with Crippen LogP contribution in [-0.4, -0.2) is 45.2 Å². The van der Waals surface area contributed by atoms with Gasteiger partial charge in [-0.15, -0.1) is 0 Å². The van der Waals surface area contributed by atoms with Crippen LogP contribution in [0.2, 0.25) is 0 Å². The monoisotopic (exact) mass is 430 g/mol. The summed E-state index contributed by atoms with van der Waals surface area (Å²) in [5.41, 5.74) is 0.373. The van der Waals surface area contributed by atoms with Crippen molar-refractivity contribution in [1.82, 2.24) is 5.32 Å². The number of nitrogens with zero attached hydrogens (tertiary/aromatic N) is 2. The summed E-state index contributed by atoms with van der Waals surface area (Å²) in [6.07, 6.45) is 1.92. The van der Waals surface area contributed by atoms with Gasteiger partial charge in [-0.25, -0.2) is 4.79 Å². The average Bonchev–Trinajstić information content (AvgIpc) is 3.21. The number of amides is 1. The van der Waals surface area contributed by atoms with E-state index in [1.54, 1.807) is 6.07 Å². The molecule has 30 heavy (non-hydrogen) atoms. The fraction of sp³-hybridized carbons (Fsp3) is 0.211. The minimum atomic E-state index is -1.28. The van der Waals surface area contributed by atoms with Crippen molar-refractivity contribution in [3.63, 3.8) is 0 Å². The number of benzene rings is 2. The Hall–Kier alpha value is -3.73. The quantitative estimate of drug-likeness (QED) is 0.319. The Bertz CT molecular complexity index is 1040. The fourth-order valence-corrected chi connectivity index (χ4v) is 3.37. The molecule has 0 unspecified atom stereocenters. The number of rotatable bonds is 5. The van der Waals surface area contributed by atoms with E-state index in [1.807, 2.05) is 4.90 Å². The molecular formula is C19H18N4O6S. The van der Waals surface area contributed by atoms with Crippen LogP contribution in [0, 0.1) is 10.1 Å². The molecule has 0 aromatic heterocycles. The van der Waals surface area contributed by atoms with Crippen molar-refractivity contribution in [3.05, 3.63) is 57.6 Å². The van der Waals surface area contributed by atoms with Crippen molar-refractivity contribution < 1.29 is 24.7 Å². The molecule has 10 nitrogen and oxygen atoms in total. The summed E-state index contributed by atoms with van der Waals surface area (Å²) in [4.78, 5) is 36.3. The summed E-state index contributed by atoms with van der Waals surface area (Å²) < 4.78 is 0. The van der Waals surface area contributed by atoms with E-state index >= 15 is 0 Å².